The van der Waals surface area contributed by atoms with Crippen LogP contribution in [0.25, 0.3) is 22.3 Å². The van der Waals surface area contributed by atoms with Crippen LogP contribution in [0.15, 0.2) is 48.5 Å². The standard InChI is InChI=1S/C22H23N7O/c1-13-17(15-10-7-11-16(19(23)30)18(15)25-13)20-26-21(22(28-27-20)29(2)3)24-12-14-8-5-4-6-9-14/h4-11,25H,12H2,1-3H3,(H2,23,30)(H,24,26,27). The van der Waals surface area contributed by atoms with Crippen LogP contribution >= 0.6 is 0 Å². The minimum absolute atomic E-state index is 0.433. The molecule has 0 saturated heterocycles. The molecule has 4 N–H and O–H groups in total. The van der Waals surface area contributed by atoms with Gasteiger partial charge in [-0.2, -0.15) is 0 Å². The maximum Gasteiger partial charge on any atom is 0.250 e. The van der Waals surface area contributed by atoms with Crippen molar-refractivity contribution >= 4 is 28.4 Å². The molecule has 8 heteroatoms. The van der Waals surface area contributed by atoms with E-state index in [4.69, 9.17) is 10.7 Å². The molecule has 0 bridgehead atoms. The van der Waals surface area contributed by atoms with Gasteiger partial charge in [-0.15, -0.1) is 10.2 Å². The Kier molecular flexibility index (Phi) is 5.05. The SMILES string of the molecule is Cc1[nH]c2c(C(N)=O)cccc2c1-c1nnc(N(C)C)c(NCc2ccccc2)n1. The minimum atomic E-state index is -0.486. The number of aryl methyl sites for hydroxylation is 1. The van der Waals surface area contributed by atoms with E-state index in [9.17, 15) is 4.79 Å². The molecule has 0 unspecified atom stereocenters. The minimum Gasteiger partial charge on any atom is -0.366 e. The van der Waals surface area contributed by atoms with Gasteiger partial charge in [-0.3, -0.25) is 4.79 Å². The van der Waals surface area contributed by atoms with E-state index in [0.717, 1.165) is 22.2 Å². The van der Waals surface area contributed by atoms with Crippen LogP contribution in [-0.4, -0.2) is 40.2 Å². The molecule has 2 aromatic heterocycles. The Hall–Kier alpha value is -3.94. The highest BCUT2D eigenvalue weighted by Gasteiger charge is 2.19. The number of nitrogens with one attached hydrogen (secondary N) is 2. The first-order valence-corrected chi connectivity index (χ1v) is 9.57. The Morgan fingerprint density at radius 3 is 2.57 bits per heavy atom. The van der Waals surface area contributed by atoms with Crippen LogP contribution in [0.4, 0.5) is 11.6 Å². The highest BCUT2D eigenvalue weighted by atomic mass is 16.1. The lowest BCUT2D eigenvalue weighted by Crippen LogP contribution is -2.16. The van der Waals surface area contributed by atoms with Crippen molar-refractivity contribution in [1.82, 2.24) is 20.2 Å². The van der Waals surface area contributed by atoms with Crippen molar-refractivity contribution in [2.75, 3.05) is 24.3 Å². The number of aromatic amines is 1. The summed E-state index contributed by atoms with van der Waals surface area (Å²) in [7, 11) is 3.80. The van der Waals surface area contributed by atoms with E-state index >= 15 is 0 Å². The molecule has 0 aliphatic rings. The normalized spacial score (nSPS) is 10.9. The average molecular weight is 401 g/mol. The number of nitrogens with two attached hydrogens (primary N) is 1. The van der Waals surface area contributed by atoms with E-state index in [-0.39, 0.29) is 0 Å². The Morgan fingerprint density at radius 2 is 1.87 bits per heavy atom. The molecule has 4 rings (SSSR count). The molecular formula is C22H23N7O. The lowest BCUT2D eigenvalue weighted by molar-refractivity contribution is 0.100. The number of aromatic nitrogens is 4. The summed E-state index contributed by atoms with van der Waals surface area (Å²) >= 11 is 0. The van der Waals surface area contributed by atoms with Crippen molar-refractivity contribution in [1.29, 1.82) is 0 Å². The number of carbonyl (C=O) groups is 1. The fraction of sp³-hybridized carbons (Fsp3) is 0.182. The van der Waals surface area contributed by atoms with Gasteiger partial charge in [-0.05, 0) is 18.6 Å². The van der Waals surface area contributed by atoms with Gasteiger partial charge in [0.15, 0.2) is 17.5 Å². The largest absolute Gasteiger partial charge is 0.366 e. The molecule has 152 valence electrons. The van der Waals surface area contributed by atoms with Gasteiger partial charge in [0, 0.05) is 37.3 Å². The number of rotatable bonds is 6. The lowest BCUT2D eigenvalue weighted by atomic mass is 10.1. The van der Waals surface area contributed by atoms with Crippen LogP contribution in [0.3, 0.4) is 0 Å². The zero-order chi connectivity index (χ0) is 21.3. The molecule has 8 nitrogen and oxygen atoms in total. The zero-order valence-electron chi connectivity index (χ0n) is 17.1. The monoisotopic (exact) mass is 401 g/mol. The lowest BCUT2D eigenvalue weighted by Gasteiger charge is -2.16. The maximum atomic E-state index is 11.8. The topological polar surface area (TPSA) is 113 Å². The van der Waals surface area contributed by atoms with Gasteiger partial charge < -0.3 is 20.9 Å². The van der Waals surface area contributed by atoms with Crippen molar-refractivity contribution in [2.45, 2.75) is 13.5 Å². The number of hydrogen-bond acceptors (Lipinski definition) is 6. The number of nitrogens with zero attached hydrogens (tertiary/aromatic N) is 4. The fourth-order valence-electron chi connectivity index (χ4n) is 3.47. The zero-order valence-corrected chi connectivity index (χ0v) is 17.1. The third kappa shape index (κ3) is 3.55. The number of fused-ring (bicyclic) bond motifs is 1. The van der Waals surface area contributed by atoms with Gasteiger partial charge in [0.1, 0.15) is 0 Å². The van der Waals surface area contributed by atoms with Crippen LogP contribution in [0.2, 0.25) is 0 Å². The molecule has 0 spiro atoms. The molecule has 0 saturated carbocycles. The van der Waals surface area contributed by atoms with Crippen LogP contribution in [-0.2, 0) is 6.54 Å². The number of carbonyl (C=O) groups excluding carboxylic acids is 1. The van der Waals surface area contributed by atoms with Gasteiger partial charge in [-0.1, -0.05) is 42.5 Å². The summed E-state index contributed by atoms with van der Waals surface area (Å²) in [5.41, 5.74) is 9.42. The summed E-state index contributed by atoms with van der Waals surface area (Å²) in [4.78, 5) is 21.7. The number of H-pyrrole nitrogens is 1. The highest BCUT2D eigenvalue weighted by molar-refractivity contribution is 6.09. The molecule has 0 aliphatic carbocycles. The summed E-state index contributed by atoms with van der Waals surface area (Å²) in [6, 6.07) is 15.5. The van der Waals surface area contributed by atoms with Crippen LogP contribution < -0.4 is 16.0 Å². The summed E-state index contributed by atoms with van der Waals surface area (Å²) in [5, 5.41) is 13.0. The van der Waals surface area contributed by atoms with E-state index in [1.54, 1.807) is 12.1 Å². The molecule has 4 aromatic rings. The molecule has 0 atom stereocenters. The molecule has 1 amide bonds. The number of primary amides is 1. The van der Waals surface area contributed by atoms with Crippen molar-refractivity contribution in [3.8, 4) is 11.4 Å². The molecule has 2 aromatic carbocycles. The molecular weight excluding hydrogens is 378 g/mol. The summed E-state index contributed by atoms with van der Waals surface area (Å²) in [5.74, 6) is 1.26. The van der Waals surface area contributed by atoms with Crippen LogP contribution in [0.5, 0.6) is 0 Å². The fourth-order valence-corrected chi connectivity index (χ4v) is 3.47. The van der Waals surface area contributed by atoms with Gasteiger partial charge >= 0.3 is 0 Å². The van der Waals surface area contributed by atoms with Gasteiger partial charge in [0.2, 0.25) is 0 Å². The molecule has 30 heavy (non-hydrogen) atoms. The first kappa shape index (κ1) is 19.4. The quantitative estimate of drug-likeness (QED) is 0.458. The van der Waals surface area contributed by atoms with Crippen LogP contribution in [0.1, 0.15) is 21.6 Å². The van der Waals surface area contributed by atoms with E-state index in [0.29, 0.717) is 35.1 Å². The Morgan fingerprint density at radius 1 is 1.10 bits per heavy atom. The van der Waals surface area contributed by atoms with Crippen molar-refractivity contribution < 1.29 is 4.79 Å². The number of hydrogen-bond donors (Lipinski definition) is 3. The van der Waals surface area contributed by atoms with Crippen molar-refractivity contribution in [3.05, 3.63) is 65.4 Å². The number of amides is 1. The smallest absolute Gasteiger partial charge is 0.250 e. The Balaban J connectivity index is 1.79. The number of para-hydroxylation sites is 1. The van der Waals surface area contributed by atoms with E-state index < -0.39 is 5.91 Å². The second kappa shape index (κ2) is 7.82. The predicted molar refractivity (Wildman–Crippen MR) is 118 cm³/mol. The second-order valence-electron chi connectivity index (χ2n) is 7.26. The van der Waals surface area contributed by atoms with E-state index in [1.165, 1.54) is 0 Å². The first-order chi connectivity index (χ1) is 14.5. The maximum absolute atomic E-state index is 11.8. The van der Waals surface area contributed by atoms with Crippen molar-refractivity contribution in [2.24, 2.45) is 5.73 Å². The number of benzene rings is 2. The third-order valence-electron chi connectivity index (χ3n) is 4.91. The molecule has 2 heterocycles. The van der Waals surface area contributed by atoms with Gasteiger partial charge in [0.05, 0.1) is 11.1 Å². The highest BCUT2D eigenvalue weighted by Crippen LogP contribution is 2.33. The predicted octanol–water partition coefficient (Wildman–Crippen LogP) is 3.11. The van der Waals surface area contributed by atoms with Gasteiger partial charge in [0.25, 0.3) is 5.91 Å². The van der Waals surface area contributed by atoms with Gasteiger partial charge in [-0.25, -0.2) is 4.98 Å². The third-order valence-corrected chi connectivity index (χ3v) is 4.91. The summed E-state index contributed by atoms with van der Waals surface area (Å²) < 4.78 is 0. The molecule has 0 fully saturated rings. The average Bonchev–Trinajstić information content (AvgIpc) is 3.08. The summed E-state index contributed by atoms with van der Waals surface area (Å²) in [6.45, 7) is 2.53. The van der Waals surface area contributed by atoms with E-state index in [1.807, 2.05) is 62.3 Å². The van der Waals surface area contributed by atoms with Crippen LogP contribution in [0, 0.1) is 6.92 Å². The first-order valence-electron chi connectivity index (χ1n) is 9.57. The summed E-state index contributed by atoms with van der Waals surface area (Å²) in [6.07, 6.45) is 0. The number of anilines is 2. The van der Waals surface area contributed by atoms with E-state index in [2.05, 4.69) is 20.5 Å². The van der Waals surface area contributed by atoms with Crippen molar-refractivity contribution in [3.63, 3.8) is 0 Å². The Labute approximate surface area is 174 Å². The second-order valence-corrected chi connectivity index (χ2v) is 7.26. The molecule has 0 aliphatic heterocycles. The Bertz CT molecular complexity index is 1220. The molecule has 0 radical (unpaired) electrons.